The highest BCUT2D eigenvalue weighted by Gasteiger charge is 2.15. The molecule has 0 saturated carbocycles. The highest BCUT2D eigenvalue weighted by molar-refractivity contribution is 9.10. The van der Waals surface area contributed by atoms with E-state index < -0.39 is 0 Å². The smallest absolute Gasteiger partial charge is 0.231 e. The lowest BCUT2D eigenvalue weighted by atomic mass is 10.2. The van der Waals surface area contributed by atoms with Crippen LogP contribution in [0.1, 0.15) is 5.56 Å². The SMILES string of the molecule is Fc1ccc(CNc2ccnc(-c3ccc4c(c3)OCO4)n2)cc1Br. The van der Waals surface area contributed by atoms with Crippen LogP contribution in [0.5, 0.6) is 11.5 Å². The number of hydrogen-bond acceptors (Lipinski definition) is 5. The number of benzene rings is 2. The third-order valence-electron chi connectivity index (χ3n) is 3.74. The van der Waals surface area contributed by atoms with Crippen molar-refractivity contribution in [1.82, 2.24) is 9.97 Å². The van der Waals surface area contributed by atoms with E-state index in [1.165, 1.54) is 6.07 Å². The molecule has 1 N–H and O–H groups in total. The van der Waals surface area contributed by atoms with Gasteiger partial charge in [0.15, 0.2) is 17.3 Å². The summed E-state index contributed by atoms with van der Waals surface area (Å²) in [6.07, 6.45) is 1.69. The van der Waals surface area contributed by atoms with Gasteiger partial charge in [-0.15, -0.1) is 0 Å². The second kappa shape index (κ2) is 6.68. The monoisotopic (exact) mass is 401 g/mol. The molecule has 0 aliphatic carbocycles. The van der Waals surface area contributed by atoms with Crippen LogP contribution in [-0.4, -0.2) is 16.8 Å². The first-order valence-electron chi connectivity index (χ1n) is 7.60. The van der Waals surface area contributed by atoms with E-state index in [9.17, 15) is 4.39 Å². The maximum Gasteiger partial charge on any atom is 0.231 e. The number of anilines is 1. The standard InChI is InChI=1S/C18H13BrFN3O2/c19-13-7-11(1-3-14(13)20)9-22-17-5-6-21-18(23-17)12-2-4-15-16(8-12)25-10-24-15/h1-8H,9-10H2,(H,21,22,23). The number of nitrogens with zero attached hydrogens (tertiary/aromatic N) is 2. The van der Waals surface area contributed by atoms with Gasteiger partial charge in [-0.05, 0) is 57.9 Å². The van der Waals surface area contributed by atoms with Crippen LogP contribution in [0.25, 0.3) is 11.4 Å². The molecular formula is C18H13BrFN3O2. The number of fused-ring (bicyclic) bond motifs is 1. The quantitative estimate of drug-likeness (QED) is 0.702. The Hall–Kier alpha value is -2.67. The van der Waals surface area contributed by atoms with Gasteiger partial charge in [0, 0.05) is 18.3 Å². The molecule has 25 heavy (non-hydrogen) atoms. The molecule has 0 spiro atoms. The summed E-state index contributed by atoms with van der Waals surface area (Å²) in [6, 6.07) is 12.3. The average molecular weight is 402 g/mol. The third-order valence-corrected chi connectivity index (χ3v) is 4.35. The summed E-state index contributed by atoms with van der Waals surface area (Å²) in [5.41, 5.74) is 1.79. The normalized spacial score (nSPS) is 12.2. The minimum atomic E-state index is -0.282. The average Bonchev–Trinajstić information content (AvgIpc) is 3.11. The number of rotatable bonds is 4. The van der Waals surface area contributed by atoms with Crippen molar-refractivity contribution < 1.29 is 13.9 Å². The van der Waals surface area contributed by atoms with Crippen molar-refractivity contribution in [3.05, 3.63) is 64.5 Å². The Bertz CT molecular complexity index is 936. The van der Waals surface area contributed by atoms with Gasteiger partial charge in [0.1, 0.15) is 11.6 Å². The van der Waals surface area contributed by atoms with Gasteiger partial charge in [0.05, 0.1) is 4.47 Å². The summed E-state index contributed by atoms with van der Waals surface area (Å²) in [5.74, 6) is 2.40. The van der Waals surface area contributed by atoms with Gasteiger partial charge < -0.3 is 14.8 Å². The first-order chi connectivity index (χ1) is 12.2. The molecule has 0 amide bonds. The maximum absolute atomic E-state index is 13.3. The molecule has 2 aromatic carbocycles. The maximum atomic E-state index is 13.3. The predicted molar refractivity (Wildman–Crippen MR) is 95.0 cm³/mol. The summed E-state index contributed by atoms with van der Waals surface area (Å²) in [7, 11) is 0. The van der Waals surface area contributed by atoms with Gasteiger partial charge in [0.25, 0.3) is 0 Å². The minimum absolute atomic E-state index is 0.231. The molecule has 1 aliphatic rings. The zero-order chi connectivity index (χ0) is 17.2. The molecular weight excluding hydrogens is 389 g/mol. The molecule has 1 aliphatic heterocycles. The Morgan fingerprint density at radius 2 is 1.96 bits per heavy atom. The van der Waals surface area contributed by atoms with Crippen molar-refractivity contribution in [2.75, 3.05) is 12.1 Å². The molecule has 0 bridgehead atoms. The lowest BCUT2D eigenvalue weighted by molar-refractivity contribution is 0.174. The van der Waals surface area contributed by atoms with Crippen molar-refractivity contribution in [2.45, 2.75) is 6.54 Å². The second-order valence-electron chi connectivity index (χ2n) is 5.44. The van der Waals surface area contributed by atoms with Gasteiger partial charge in [-0.25, -0.2) is 14.4 Å². The Morgan fingerprint density at radius 3 is 2.84 bits per heavy atom. The van der Waals surface area contributed by atoms with E-state index >= 15 is 0 Å². The van der Waals surface area contributed by atoms with Gasteiger partial charge in [-0.2, -0.15) is 0 Å². The molecule has 0 atom stereocenters. The molecule has 4 rings (SSSR count). The first kappa shape index (κ1) is 15.8. The zero-order valence-corrected chi connectivity index (χ0v) is 14.6. The highest BCUT2D eigenvalue weighted by Crippen LogP contribution is 2.35. The summed E-state index contributed by atoms with van der Waals surface area (Å²) < 4.78 is 24.4. The molecule has 5 nitrogen and oxygen atoms in total. The topological polar surface area (TPSA) is 56.3 Å². The largest absolute Gasteiger partial charge is 0.454 e. The molecule has 0 fully saturated rings. The molecule has 1 aromatic heterocycles. The Kier molecular flexibility index (Phi) is 4.23. The number of aromatic nitrogens is 2. The van der Waals surface area contributed by atoms with Gasteiger partial charge in [-0.1, -0.05) is 6.07 Å². The number of hydrogen-bond donors (Lipinski definition) is 1. The Balaban J connectivity index is 1.52. The Labute approximate surface area is 152 Å². The molecule has 0 saturated heterocycles. The van der Waals surface area contributed by atoms with Crippen molar-refractivity contribution in [1.29, 1.82) is 0 Å². The third kappa shape index (κ3) is 3.41. The fraction of sp³-hybridized carbons (Fsp3) is 0.111. The van der Waals surface area contributed by atoms with Crippen LogP contribution in [0.15, 0.2) is 53.1 Å². The second-order valence-corrected chi connectivity index (χ2v) is 6.29. The summed E-state index contributed by atoms with van der Waals surface area (Å²) >= 11 is 3.19. The van der Waals surface area contributed by atoms with Crippen molar-refractivity contribution in [3.63, 3.8) is 0 Å². The molecule has 126 valence electrons. The van der Waals surface area contributed by atoms with E-state index in [1.54, 1.807) is 24.4 Å². The number of ether oxygens (including phenoxy) is 2. The van der Waals surface area contributed by atoms with Crippen molar-refractivity contribution in [2.24, 2.45) is 0 Å². The molecule has 3 aromatic rings. The van der Waals surface area contributed by atoms with Crippen LogP contribution in [0, 0.1) is 5.82 Å². The van der Waals surface area contributed by atoms with E-state index in [1.807, 2.05) is 18.2 Å². The van der Waals surface area contributed by atoms with Crippen LogP contribution in [-0.2, 0) is 6.54 Å². The summed E-state index contributed by atoms with van der Waals surface area (Å²) in [5, 5.41) is 3.22. The molecule has 2 heterocycles. The van der Waals surface area contributed by atoms with Crippen LogP contribution in [0.3, 0.4) is 0 Å². The van der Waals surface area contributed by atoms with Crippen LogP contribution in [0.4, 0.5) is 10.2 Å². The summed E-state index contributed by atoms with van der Waals surface area (Å²) in [6.45, 7) is 0.755. The van der Waals surface area contributed by atoms with Crippen LogP contribution in [0.2, 0.25) is 0 Å². The van der Waals surface area contributed by atoms with E-state index in [0.717, 1.165) is 16.9 Å². The molecule has 0 radical (unpaired) electrons. The number of nitrogens with one attached hydrogen (secondary N) is 1. The van der Waals surface area contributed by atoms with E-state index in [0.29, 0.717) is 28.4 Å². The van der Waals surface area contributed by atoms with Gasteiger partial charge in [0.2, 0.25) is 6.79 Å². The fourth-order valence-electron chi connectivity index (χ4n) is 2.47. The van der Waals surface area contributed by atoms with Crippen LogP contribution < -0.4 is 14.8 Å². The van der Waals surface area contributed by atoms with E-state index in [-0.39, 0.29) is 12.6 Å². The van der Waals surface area contributed by atoms with E-state index in [2.05, 4.69) is 31.2 Å². The first-order valence-corrected chi connectivity index (χ1v) is 8.39. The lowest BCUT2D eigenvalue weighted by Crippen LogP contribution is -2.03. The minimum Gasteiger partial charge on any atom is -0.454 e. The van der Waals surface area contributed by atoms with Crippen molar-refractivity contribution >= 4 is 21.7 Å². The zero-order valence-electron chi connectivity index (χ0n) is 13.0. The van der Waals surface area contributed by atoms with Gasteiger partial charge >= 0.3 is 0 Å². The molecule has 7 heteroatoms. The molecule has 0 unspecified atom stereocenters. The summed E-state index contributed by atoms with van der Waals surface area (Å²) in [4.78, 5) is 8.83. The lowest BCUT2D eigenvalue weighted by Gasteiger charge is -2.08. The Morgan fingerprint density at radius 1 is 1.08 bits per heavy atom. The predicted octanol–water partition coefficient (Wildman–Crippen LogP) is 4.39. The fourth-order valence-corrected chi connectivity index (χ4v) is 2.90. The van der Waals surface area contributed by atoms with Crippen molar-refractivity contribution in [3.8, 4) is 22.9 Å². The number of halogens is 2. The highest BCUT2D eigenvalue weighted by atomic mass is 79.9. The van der Waals surface area contributed by atoms with Crippen LogP contribution >= 0.6 is 15.9 Å². The van der Waals surface area contributed by atoms with Gasteiger partial charge in [-0.3, -0.25) is 0 Å². The van der Waals surface area contributed by atoms with E-state index in [4.69, 9.17) is 9.47 Å².